The zero-order valence-corrected chi connectivity index (χ0v) is 19.3. The summed E-state index contributed by atoms with van der Waals surface area (Å²) in [4.78, 5) is 4.72. The predicted octanol–water partition coefficient (Wildman–Crippen LogP) is 2.71. The van der Waals surface area contributed by atoms with Crippen molar-refractivity contribution in [2.45, 2.75) is 65.0 Å². The maximum Gasteiger partial charge on any atom is 0.191 e. The number of halogens is 1. The van der Waals surface area contributed by atoms with Gasteiger partial charge in [-0.05, 0) is 39.0 Å². The molecular formula is C18H31IN4O3S. The molecule has 1 unspecified atom stereocenters. The van der Waals surface area contributed by atoms with Gasteiger partial charge in [0.15, 0.2) is 15.8 Å². The number of rotatable bonds is 5. The lowest BCUT2D eigenvalue weighted by molar-refractivity contribution is 0.392. The summed E-state index contributed by atoms with van der Waals surface area (Å²) in [5.74, 6) is 2.31. The van der Waals surface area contributed by atoms with Gasteiger partial charge in [0.1, 0.15) is 5.76 Å². The van der Waals surface area contributed by atoms with E-state index in [1.807, 2.05) is 13.8 Å². The van der Waals surface area contributed by atoms with Crippen molar-refractivity contribution in [3.05, 3.63) is 17.0 Å². The van der Waals surface area contributed by atoms with Crippen molar-refractivity contribution in [3.63, 3.8) is 0 Å². The Hall–Kier alpha value is -0.840. The van der Waals surface area contributed by atoms with Crippen LogP contribution < -0.4 is 10.6 Å². The first-order valence-corrected chi connectivity index (χ1v) is 11.4. The molecule has 2 fully saturated rings. The minimum Gasteiger partial charge on any atom is -0.361 e. The fourth-order valence-corrected chi connectivity index (χ4v) is 5.61. The maximum atomic E-state index is 11.7. The van der Waals surface area contributed by atoms with Gasteiger partial charge in [0.25, 0.3) is 0 Å². The average Bonchev–Trinajstić information content (AvgIpc) is 3.13. The fourth-order valence-electron chi connectivity index (χ4n) is 3.75. The second-order valence-electron chi connectivity index (χ2n) is 7.60. The van der Waals surface area contributed by atoms with Gasteiger partial charge >= 0.3 is 0 Å². The Balaban J connectivity index is 0.00000261. The monoisotopic (exact) mass is 510 g/mol. The Morgan fingerprint density at radius 3 is 2.56 bits per heavy atom. The molecule has 2 aliphatic rings. The summed E-state index contributed by atoms with van der Waals surface area (Å²) in [5.41, 5.74) is 1.88. The first-order valence-electron chi connectivity index (χ1n) is 9.60. The van der Waals surface area contributed by atoms with Crippen LogP contribution in [0, 0.1) is 19.8 Å². The van der Waals surface area contributed by atoms with E-state index in [1.54, 1.807) is 0 Å². The number of guanidine groups is 1. The highest BCUT2D eigenvalue weighted by molar-refractivity contribution is 14.0. The van der Waals surface area contributed by atoms with E-state index in [0.717, 1.165) is 42.2 Å². The number of sulfone groups is 1. The highest BCUT2D eigenvalue weighted by atomic mass is 127. The Morgan fingerprint density at radius 2 is 1.96 bits per heavy atom. The van der Waals surface area contributed by atoms with E-state index in [-0.39, 0.29) is 35.6 Å². The largest absolute Gasteiger partial charge is 0.361 e. The molecular weight excluding hydrogens is 479 g/mol. The molecule has 2 N–H and O–H groups in total. The van der Waals surface area contributed by atoms with Gasteiger partial charge in [-0.25, -0.2) is 13.4 Å². The maximum absolute atomic E-state index is 11.7. The lowest BCUT2D eigenvalue weighted by Crippen LogP contribution is -2.45. The standard InChI is InChI=1S/C18H30N4O3S.HI/c1-13-17(14(2)25-22-13)11-20-18(21-16-6-4-3-5-7-16)19-10-15-8-9-26(23,24)12-15;/h15-16H,3-12H2,1-2H3,(H2,19,20,21);1H. The van der Waals surface area contributed by atoms with E-state index in [2.05, 4.69) is 15.8 Å². The topological polar surface area (TPSA) is 96.6 Å². The molecule has 2 heterocycles. The lowest BCUT2D eigenvalue weighted by atomic mass is 9.96. The van der Waals surface area contributed by atoms with Gasteiger partial charge in [-0.15, -0.1) is 24.0 Å². The van der Waals surface area contributed by atoms with Gasteiger partial charge in [0.2, 0.25) is 0 Å². The molecule has 7 nitrogen and oxygen atoms in total. The molecule has 0 amide bonds. The van der Waals surface area contributed by atoms with Crippen LogP contribution in [0.15, 0.2) is 9.52 Å². The molecule has 1 saturated heterocycles. The van der Waals surface area contributed by atoms with Gasteiger partial charge in [0, 0.05) is 18.2 Å². The van der Waals surface area contributed by atoms with E-state index in [4.69, 9.17) is 9.52 Å². The summed E-state index contributed by atoms with van der Waals surface area (Å²) in [6.45, 7) is 4.97. The van der Waals surface area contributed by atoms with Gasteiger partial charge in [-0.2, -0.15) is 0 Å². The average molecular weight is 510 g/mol. The van der Waals surface area contributed by atoms with Crippen LogP contribution in [-0.4, -0.2) is 43.6 Å². The van der Waals surface area contributed by atoms with Crippen LogP contribution in [0.5, 0.6) is 0 Å². The van der Waals surface area contributed by atoms with Gasteiger partial charge in [0.05, 0.1) is 23.7 Å². The van der Waals surface area contributed by atoms with E-state index >= 15 is 0 Å². The third kappa shape index (κ3) is 6.62. The van der Waals surface area contributed by atoms with Crippen LogP contribution in [0.2, 0.25) is 0 Å². The molecule has 154 valence electrons. The Kier molecular flexibility index (Phi) is 8.39. The summed E-state index contributed by atoms with van der Waals surface area (Å²) in [7, 11) is -2.85. The summed E-state index contributed by atoms with van der Waals surface area (Å²) in [6, 6.07) is 0.437. The molecule has 1 aliphatic carbocycles. The Labute approximate surface area is 179 Å². The zero-order valence-electron chi connectivity index (χ0n) is 16.2. The number of nitrogens with zero attached hydrogens (tertiary/aromatic N) is 2. The number of hydrogen-bond acceptors (Lipinski definition) is 5. The van der Waals surface area contributed by atoms with E-state index in [0.29, 0.717) is 24.9 Å². The van der Waals surface area contributed by atoms with Gasteiger partial charge in [-0.1, -0.05) is 24.4 Å². The molecule has 0 radical (unpaired) electrons. The van der Waals surface area contributed by atoms with Crippen molar-refractivity contribution in [3.8, 4) is 0 Å². The van der Waals surface area contributed by atoms with Crippen molar-refractivity contribution >= 4 is 39.8 Å². The molecule has 0 bridgehead atoms. The summed E-state index contributed by atoms with van der Waals surface area (Å²) in [6.07, 6.45) is 6.84. The fraction of sp³-hybridized carbons (Fsp3) is 0.778. The third-order valence-corrected chi connectivity index (χ3v) is 7.24. The van der Waals surface area contributed by atoms with Crippen LogP contribution in [0.4, 0.5) is 0 Å². The molecule has 1 aromatic heterocycles. The minimum absolute atomic E-state index is 0. The van der Waals surface area contributed by atoms with E-state index in [1.165, 1.54) is 19.3 Å². The molecule has 9 heteroatoms. The molecule has 1 saturated carbocycles. The number of hydrogen-bond donors (Lipinski definition) is 2. The molecule has 1 aromatic rings. The van der Waals surface area contributed by atoms with Crippen LogP contribution >= 0.6 is 24.0 Å². The lowest BCUT2D eigenvalue weighted by Gasteiger charge is -2.25. The Morgan fingerprint density at radius 1 is 1.22 bits per heavy atom. The summed E-state index contributed by atoms with van der Waals surface area (Å²) in [5, 5.41) is 10.9. The van der Waals surface area contributed by atoms with E-state index in [9.17, 15) is 8.42 Å². The second-order valence-corrected chi connectivity index (χ2v) is 9.83. The SMILES string of the molecule is Cc1noc(C)c1CN=C(NCC1CCS(=O)(=O)C1)NC1CCCCC1.I. The van der Waals surface area contributed by atoms with Crippen LogP contribution in [0.25, 0.3) is 0 Å². The predicted molar refractivity (Wildman–Crippen MR) is 117 cm³/mol. The molecule has 3 rings (SSSR count). The quantitative estimate of drug-likeness (QED) is 0.359. The number of nitrogens with one attached hydrogen (secondary N) is 2. The van der Waals surface area contributed by atoms with Crippen molar-refractivity contribution in [2.75, 3.05) is 18.1 Å². The molecule has 0 aromatic carbocycles. The van der Waals surface area contributed by atoms with Crippen molar-refractivity contribution < 1.29 is 12.9 Å². The smallest absolute Gasteiger partial charge is 0.191 e. The number of aliphatic imine (C=N–C) groups is 1. The summed E-state index contributed by atoms with van der Waals surface area (Å²) >= 11 is 0. The number of aryl methyl sites for hydroxylation is 2. The van der Waals surface area contributed by atoms with Crippen LogP contribution in [-0.2, 0) is 16.4 Å². The van der Waals surface area contributed by atoms with Gasteiger partial charge in [-0.3, -0.25) is 0 Å². The second kappa shape index (κ2) is 10.1. The molecule has 0 spiro atoms. The molecule has 1 aliphatic heterocycles. The first-order chi connectivity index (χ1) is 12.4. The van der Waals surface area contributed by atoms with E-state index < -0.39 is 9.84 Å². The van der Waals surface area contributed by atoms with Crippen LogP contribution in [0.1, 0.15) is 55.5 Å². The van der Waals surface area contributed by atoms with Crippen LogP contribution in [0.3, 0.4) is 0 Å². The van der Waals surface area contributed by atoms with Gasteiger partial charge < -0.3 is 15.2 Å². The third-order valence-electron chi connectivity index (χ3n) is 5.41. The number of aromatic nitrogens is 1. The molecule has 27 heavy (non-hydrogen) atoms. The normalized spacial score (nSPS) is 23.0. The van der Waals surface area contributed by atoms with Crippen molar-refractivity contribution in [2.24, 2.45) is 10.9 Å². The summed E-state index contributed by atoms with van der Waals surface area (Å²) < 4.78 is 28.6. The highest BCUT2D eigenvalue weighted by Crippen LogP contribution is 2.19. The highest BCUT2D eigenvalue weighted by Gasteiger charge is 2.28. The first kappa shape index (κ1) is 22.4. The van der Waals surface area contributed by atoms with Crippen molar-refractivity contribution in [1.29, 1.82) is 0 Å². The molecule has 1 atom stereocenters. The minimum atomic E-state index is -2.85. The zero-order chi connectivity index (χ0) is 18.6. The van der Waals surface area contributed by atoms with Crippen molar-refractivity contribution in [1.82, 2.24) is 15.8 Å². The Bertz CT molecular complexity index is 722.